The highest BCUT2D eigenvalue weighted by atomic mass is 32.1. The van der Waals surface area contributed by atoms with E-state index in [-0.39, 0.29) is 5.82 Å². The van der Waals surface area contributed by atoms with Gasteiger partial charge in [-0.15, -0.1) is 11.3 Å². The highest BCUT2D eigenvalue weighted by Gasteiger charge is 2.19. The largest absolute Gasteiger partial charge is 0.337 e. The Kier molecular flexibility index (Phi) is 3.33. The van der Waals surface area contributed by atoms with Crippen LogP contribution in [-0.4, -0.2) is 10.1 Å². The molecule has 0 aliphatic rings. The predicted octanol–water partition coefficient (Wildman–Crippen LogP) is 3.29. The zero-order valence-electron chi connectivity index (χ0n) is 10.7. The molecule has 2 N–H and O–H groups in total. The van der Waals surface area contributed by atoms with Crippen molar-refractivity contribution in [3.8, 4) is 11.4 Å². The minimum atomic E-state index is -0.454. The van der Waals surface area contributed by atoms with Crippen molar-refractivity contribution in [2.75, 3.05) is 0 Å². The third-order valence-electron chi connectivity index (χ3n) is 3.00. The molecular formula is C14H12FN3OS. The fourth-order valence-corrected chi connectivity index (χ4v) is 2.61. The molecule has 2 aromatic heterocycles. The third kappa shape index (κ3) is 2.35. The number of rotatable bonds is 3. The second-order valence-electron chi connectivity index (χ2n) is 4.41. The quantitative estimate of drug-likeness (QED) is 0.803. The number of halogens is 1. The van der Waals surface area contributed by atoms with E-state index in [9.17, 15) is 4.39 Å². The fourth-order valence-electron chi connectivity index (χ4n) is 1.90. The van der Waals surface area contributed by atoms with Gasteiger partial charge in [0.1, 0.15) is 11.9 Å². The summed E-state index contributed by atoms with van der Waals surface area (Å²) < 4.78 is 18.5. The van der Waals surface area contributed by atoms with E-state index in [4.69, 9.17) is 10.3 Å². The third-order valence-corrected chi connectivity index (χ3v) is 3.95. The maximum Gasteiger partial charge on any atom is 0.249 e. The first-order valence-corrected chi connectivity index (χ1v) is 6.92. The second kappa shape index (κ2) is 5.15. The molecule has 102 valence electrons. The van der Waals surface area contributed by atoms with Crippen LogP contribution in [0.25, 0.3) is 11.4 Å². The summed E-state index contributed by atoms with van der Waals surface area (Å²) in [5.74, 6) is 0.342. The Balaban J connectivity index is 1.96. The predicted molar refractivity (Wildman–Crippen MR) is 74.8 cm³/mol. The monoisotopic (exact) mass is 289 g/mol. The molecular weight excluding hydrogens is 277 g/mol. The molecule has 3 aromatic rings. The molecule has 4 nitrogen and oxygen atoms in total. The van der Waals surface area contributed by atoms with Gasteiger partial charge in [0.2, 0.25) is 11.7 Å². The Labute approximate surface area is 119 Å². The summed E-state index contributed by atoms with van der Waals surface area (Å²) in [6, 6.07) is 7.84. The van der Waals surface area contributed by atoms with Crippen molar-refractivity contribution in [3.05, 3.63) is 57.9 Å². The highest BCUT2D eigenvalue weighted by molar-refractivity contribution is 7.10. The number of benzene rings is 1. The first kappa shape index (κ1) is 13.0. The van der Waals surface area contributed by atoms with Gasteiger partial charge in [0, 0.05) is 10.4 Å². The molecule has 3 rings (SSSR count). The molecule has 2 heterocycles. The van der Waals surface area contributed by atoms with Crippen molar-refractivity contribution in [2.24, 2.45) is 5.73 Å². The molecule has 0 amide bonds. The highest BCUT2D eigenvalue weighted by Crippen LogP contribution is 2.26. The van der Waals surface area contributed by atoms with Crippen molar-refractivity contribution < 1.29 is 8.91 Å². The van der Waals surface area contributed by atoms with E-state index in [0.717, 1.165) is 10.4 Å². The van der Waals surface area contributed by atoms with Crippen LogP contribution in [0.1, 0.15) is 22.4 Å². The molecule has 0 saturated carbocycles. The van der Waals surface area contributed by atoms with Crippen LogP contribution in [0.15, 0.2) is 40.2 Å². The lowest BCUT2D eigenvalue weighted by Gasteiger charge is -2.02. The van der Waals surface area contributed by atoms with Crippen LogP contribution >= 0.6 is 11.3 Å². The molecule has 0 radical (unpaired) electrons. The van der Waals surface area contributed by atoms with Gasteiger partial charge in [-0.3, -0.25) is 0 Å². The number of aryl methyl sites for hydroxylation is 1. The summed E-state index contributed by atoms with van der Waals surface area (Å²) in [7, 11) is 0. The summed E-state index contributed by atoms with van der Waals surface area (Å²) in [6.07, 6.45) is 0. The SMILES string of the molecule is Cc1ccc(F)cc1-c1noc(C(N)c2cccs2)n1. The molecule has 0 spiro atoms. The normalized spacial score (nSPS) is 12.6. The number of aromatic nitrogens is 2. The second-order valence-corrected chi connectivity index (χ2v) is 5.39. The van der Waals surface area contributed by atoms with E-state index in [2.05, 4.69) is 10.1 Å². The molecule has 1 unspecified atom stereocenters. The van der Waals surface area contributed by atoms with Crippen molar-refractivity contribution in [2.45, 2.75) is 13.0 Å². The Morgan fingerprint density at radius 2 is 2.20 bits per heavy atom. The number of thiophene rings is 1. The standard InChI is InChI=1S/C14H12FN3OS/c1-8-4-5-9(15)7-10(8)13-17-14(19-18-13)12(16)11-3-2-6-20-11/h2-7,12H,16H2,1H3. The minimum absolute atomic E-state index is 0.325. The van der Waals surface area contributed by atoms with Crippen LogP contribution in [0.2, 0.25) is 0 Å². The Hall–Kier alpha value is -2.05. The minimum Gasteiger partial charge on any atom is -0.337 e. The van der Waals surface area contributed by atoms with E-state index in [1.165, 1.54) is 23.5 Å². The number of nitrogens with two attached hydrogens (primary N) is 1. The van der Waals surface area contributed by atoms with Crippen LogP contribution in [0.4, 0.5) is 4.39 Å². The van der Waals surface area contributed by atoms with E-state index < -0.39 is 6.04 Å². The number of hydrogen-bond donors (Lipinski definition) is 1. The lowest BCUT2D eigenvalue weighted by Crippen LogP contribution is -2.10. The molecule has 0 aliphatic carbocycles. The van der Waals surface area contributed by atoms with Gasteiger partial charge >= 0.3 is 0 Å². The van der Waals surface area contributed by atoms with E-state index in [1.807, 2.05) is 24.4 Å². The summed E-state index contributed by atoms with van der Waals surface area (Å²) in [5, 5.41) is 5.82. The fraction of sp³-hybridized carbons (Fsp3) is 0.143. The van der Waals surface area contributed by atoms with Crippen LogP contribution in [-0.2, 0) is 0 Å². The maximum atomic E-state index is 13.3. The molecule has 1 aromatic carbocycles. The van der Waals surface area contributed by atoms with Gasteiger partial charge in [-0.05, 0) is 36.1 Å². The molecule has 0 saturated heterocycles. The van der Waals surface area contributed by atoms with E-state index >= 15 is 0 Å². The first-order chi connectivity index (χ1) is 9.65. The summed E-state index contributed by atoms with van der Waals surface area (Å²) in [4.78, 5) is 5.22. The Morgan fingerprint density at radius 1 is 1.35 bits per heavy atom. The lowest BCUT2D eigenvalue weighted by atomic mass is 10.1. The summed E-state index contributed by atoms with van der Waals surface area (Å²) in [6.45, 7) is 1.87. The van der Waals surface area contributed by atoms with Gasteiger partial charge in [0.25, 0.3) is 0 Å². The van der Waals surface area contributed by atoms with Gasteiger partial charge in [0.15, 0.2) is 0 Å². The summed E-state index contributed by atoms with van der Waals surface area (Å²) >= 11 is 1.52. The van der Waals surface area contributed by atoms with Crippen molar-refractivity contribution >= 4 is 11.3 Å². The number of nitrogens with zero attached hydrogens (tertiary/aromatic N) is 2. The average molecular weight is 289 g/mol. The molecule has 1 atom stereocenters. The smallest absolute Gasteiger partial charge is 0.249 e. The first-order valence-electron chi connectivity index (χ1n) is 6.04. The zero-order chi connectivity index (χ0) is 14.1. The molecule has 0 aliphatic heterocycles. The van der Waals surface area contributed by atoms with Crippen molar-refractivity contribution in [1.29, 1.82) is 0 Å². The van der Waals surface area contributed by atoms with Gasteiger partial charge < -0.3 is 10.3 Å². The average Bonchev–Trinajstić information content (AvgIpc) is 3.11. The lowest BCUT2D eigenvalue weighted by molar-refractivity contribution is 0.368. The van der Waals surface area contributed by atoms with E-state index in [0.29, 0.717) is 17.3 Å². The van der Waals surface area contributed by atoms with E-state index in [1.54, 1.807) is 6.07 Å². The zero-order valence-corrected chi connectivity index (χ0v) is 11.5. The van der Waals surface area contributed by atoms with Crippen molar-refractivity contribution in [1.82, 2.24) is 10.1 Å². The topological polar surface area (TPSA) is 64.9 Å². The molecule has 0 bridgehead atoms. The maximum absolute atomic E-state index is 13.3. The van der Waals surface area contributed by atoms with Gasteiger partial charge in [-0.2, -0.15) is 4.98 Å². The van der Waals surface area contributed by atoms with Crippen LogP contribution in [0, 0.1) is 12.7 Å². The van der Waals surface area contributed by atoms with Crippen LogP contribution in [0.5, 0.6) is 0 Å². The molecule has 6 heteroatoms. The van der Waals surface area contributed by atoms with Crippen LogP contribution < -0.4 is 5.73 Å². The number of hydrogen-bond acceptors (Lipinski definition) is 5. The Bertz CT molecular complexity index is 724. The van der Waals surface area contributed by atoms with Crippen molar-refractivity contribution in [3.63, 3.8) is 0 Å². The molecule has 20 heavy (non-hydrogen) atoms. The van der Waals surface area contributed by atoms with Gasteiger partial charge in [-0.25, -0.2) is 4.39 Å². The van der Waals surface area contributed by atoms with Gasteiger partial charge in [0.05, 0.1) is 0 Å². The van der Waals surface area contributed by atoms with Gasteiger partial charge in [-0.1, -0.05) is 17.3 Å². The summed E-state index contributed by atoms with van der Waals surface area (Å²) in [5.41, 5.74) is 7.55. The Morgan fingerprint density at radius 3 is 2.95 bits per heavy atom. The molecule has 0 fully saturated rings. The van der Waals surface area contributed by atoms with Crippen LogP contribution in [0.3, 0.4) is 0 Å².